The highest BCUT2D eigenvalue weighted by Gasteiger charge is 2.52. The Labute approximate surface area is 143 Å². The van der Waals surface area contributed by atoms with Gasteiger partial charge in [-0.15, -0.1) is 0 Å². The first-order valence-corrected chi connectivity index (χ1v) is 8.94. The predicted molar refractivity (Wildman–Crippen MR) is 88.1 cm³/mol. The zero-order chi connectivity index (χ0) is 18.1. The molecule has 0 bridgehead atoms. The van der Waals surface area contributed by atoms with Crippen LogP contribution in [0.3, 0.4) is 0 Å². The summed E-state index contributed by atoms with van der Waals surface area (Å²) in [5.41, 5.74) is 0. The van der Waals surface area contributed by atoms with E-state index < -0.39 is 29.4 Å². The van der Waals surface area contributed by atoms with E-state index in [4.69, 9.17) is 4.74 Å². The topological polar surface area (TPSA) is 83.9 Å². The van der Waals surface area contributed by atoms with E-state index in [0.29, 0.717) is 19.4 Å². The molecule has 24 heavy (non-hydrogen) atoms. The molecule has 4 atom stereocenters. The first-order valence-electron chi connectivity index (χ1n) is 8.94. The van der Waals surface area contributed by atoms with Gasteiger partial charge in [0.25, 0.3) is 11.7 Å². The summed E-state index contributed by atoms with van der Waals surface area (Å²) in [6.07, 6.45) is 3.29. The van der Waals surface area contributed by atoms with E-state index in [-0.39, 0.29) is 17.8 Å². The van der Waals surface area contributed by atoms with E-state index in [2.05, 4.69) is 0 Å². The fourth-order valence-electron chi connectivity index (χ4n) is 3.64. The van der Waals surface area contributed by atoms with Crippen LogP contribution >= 0.6 is 0 Å². The fraction of sp³-hybridized carbons (Fsp3) is 0.833. The second kappa shape index (κ2) is 7.31. The lowest BCUT2D eigenvalue weighted by Crippen LogP contribution is -2.60. The Bertz CT molecular complexity index is 518. The molecule has 2 aliphatic heterocycles. The molecule has 0 spiro atoms. The minimum atomic E-state index is -2.09. The van der Waals surface area contributed by atoms with Crippen LogP contribution in [-0.2, 0) is 19.1 Å². The van der Waals surface area contributed by atoms with Gasteiger partial charge in [-0.3, -0.25) is 14.4 Å². The van der Waals surface area contributed by atoms with Crippen LogP contribution in [0.2, 0.25) is 0 Å². The van der Waals surface area contributed by atoms with Gasteiger partial charge in [0.15, 0.2) is 5.78 Å². The molecule has 6 heteroatoms. The number of carbonyl (C=O) groups is 3. The highest BCUT2D eigenvalue weighted by atomic mass is 16.6. The Kier molecular flexibility index (Phi) is 5.81. The maximum absolute atomic E-state index is 12.8. The smallest absolute Gasteiger partial charge is 0.296 e. The maximum Gasteiger partial charge on any atom is 0.296 e. The Morgan fingerprint density at radius 3 is 2.42 bits per heavy atom. The molecule has 6 nitrogen and oxygen atoms in total. The van der Waals surface area contributed by atoms with Crippen molar-refractivity contribution in [1.29, 1.82) is 0 Å². The Hall–Kier alpha value is -1.27. The van der Waals surface area contributed by atoms with Crippen molar-refractivity contribution in [2.45, 2.75) is 77.7 Å². The highest BCUT2D eigenvalue weighted by Crippen LogP contribution is 2.36. The zero-order valence-corrected chi connectivity index (χ0v) is 15.1. The number of hydrogen-bond donors (Lipinski definition) is 1. The molecule has 0 aliphatic carbocycles. The molecule has 1 unspecified atom stereocenters. The number of amides is 1. The molecule has 2 rings (SSSR count). The van der Waals surface area contributed by atoms with Crippen molar-refractivity contribution in [2.24, 2.45) is 11.8 Å². The van der Waals surface area contributed by atoms with Crippen molar-refractivity contribution in [3.8, 4) is 0 Å². The molecule has 2 fully saturated rings. The first kappa shape index (κ1) is 19.1. The van der Waals surface area contributed by atoms with Crippen LogP contribution < -0.4 is 0 Å². The molecular formula is C18H29NO5. The number of likely N-dealkylation sites (tertiary alicyclic amines) is 1. The van der Waals surface area contributed by atoms with Gasteiger partial charge >= 0.3 is 0 Å². The van der Waals surface area contributed by atoms with Gasteiger partial charge in [-0.2, -0.15) is 0 Å². The number of nitrogens with zero attached hydrogens (tertiary/aromatic N) is 1. The van der Waals surface area contributed by atoms with E-state index in [1.807, 2.05) is 13.8 Å². The lowest BCUT2D eigenvalue weighted by Gasteiger charge is -2.43. The molecule has 0 aromatic heterocycles. The molecule has 1 N–H and O–H groups in total. The number of carbonyl (C=O) groups excluding carboxylic acids is 3. The van der Waals surface area contributed by atoms with Gasteiger partial charge in [0.05, 0.1) is 12.1 Å². The van der Waals surface area contributed by atoms with Crippen molar-refractivity contribution in [2.75, 3.05) is 6.54 Å². The van der Waals surface area contributed by atoms with Gasteiger partial charge in [0.2, 0.25) is 5.79 Å². The molecule has 2 heterocycles. The first-order chi connectivity index (χ1) is 11.2. The number of rotatable bonds is 4. The Balaban J connectivity index is 2.21. The second-order valence-electron chi connectivity index (χ2n) is 7.53. The summed E-state index contributed by atoms with van der Waals surface area (Å²) in [5, 5.41) is 10.8. The van der Waals surface area contributed by atoms with Gasteiger partial charge in [-0.25, -0.2) is 0 Å². The number of piperidine rings is 1. The summed E-state index contributed by atoms with van der Waals surface area (Å²) >= 11 is 0. The molecular weight excluding hydrogens is 310 g/mol. The number of Topliss-reactive ketones (excluding diaryl/α,β-unsaturated/α-hetero) is 2. The molecule has 0 aromatic rings. The van der Waals surface area contributed by atoms with Crippen molar-refractivity contribution in [1.82, 2.24) is 4.90 Å². The van der Waals surface area contributed by atoms with E-state index in [1.54, 1.807) is 6.92 Å². The summed E-state index contributed by atoms with van der Waals surface area (Å²) in [6, 6.07) is -0.571. The second-order valence-corrected chi connectivity index (χ2v) is 7.53. The quantitative estimate of drug-likeness (QED) is 0.788. The highest BCUT2D eigenvalue weighted by molar-refractivity contribution is 6.39. The van der Waals surface area contributed by atoms with Crippen LogP contribution in [0, 0.1) is 11.8 Å². The molecule has 0 saturated carbocycles. The maximum atomic E-state index is 12.8. The number of hydrogen-bond acceptors (Lipinski definition) is 5. The minimum Gasteiger partial charge on any atom is -0.359 e. The molecule has 1 amide bonds. The molecule has 136 valence electrons. The summed E-state index contributed by atoms with van der Waals surface area (Å²) in [5.74, 6) is -4.26. The normalized spacial score (nSPS) is 34.2. The van der Waals surface area contributed by atoms with Crippen LogP contribution in [0.25, 0.3) is 0 Å². The molecule has 0 aromatic carbocycles. The fourth-order valence-corrected chi connectivity index (χ4v) is 3.64. The zero-order valence-electron chi connectivity index (χ0n) is 15.1. The Morgan fingerprint density at radius 2 is 1.83 bits per heavy atom. The third-order valence-corrected chi connectivity index (χ3v) is 5.38. The Morgan fingerprint density at radius 1 is 1.17 bits per heavy atom. The summed E-state index contributed by atoms with van der Waals surface area (Å²) < 4.78 is 5.69. The van der Waals surface area contributed by atoms with Crippen molar-refractivity contribution >= 4 is 17.5 Å². The monoisotopic (exact) mass is 339 g/mol. The van der Waals surface area contributed by atoms with Gasteiger partial charge in [-0.05, 0) is 44.9 Å². The third kappa shape index (κ3) is 3.54. The predicted octanol–water partition coefficient (Wildman–Crippen LogP) is 1.69. The van der Waals surface area contributed by atoms with Gasteiger partial charge in [0.1, 0.15) is 0 Å². The lowest BCUT2D eigenvalue weighted by molar-refractivity contribution is -0.269. The van der Waals surface area contributed by atoms with Crippen LogP contribution in [0.15, 0.2) is 0 Å². The van der Waals surface area contributed by atoms with E-state index in [0.717, 1.165) is 19.3 Å². The largest absolute Gasteiger partial charge is 0.359 e. The summed E-state index contributed by atoms with van der Waals surface area (Å²) in [6.45, 7) is 7.45. The van der Waals surface area contributed by atoms with Gasteiger partial charge < -0.3 is 14.7 Å². The van der Waals surface area contributed by atoms with E-state index >= 15 is 0 Å². The number of ketones is 2. The minimum absolute atomic E-state index is 0.125. The van der Waals surface area contributed by atoms with E-state index in [1.165, 1.54) is 11.8 Å². The van der Waals surface area contributed by atoms with Crippen LogP contribution in [-0.4, -0.2) is 52.0 Å². The summed E-state index contributed by atoms with van der Waals surface area (Å²) in [7, 11) is 0. The average molecular weight is 339 g/mol. The number of ether oxygens (including phenoxy) is 1. The SMILES string of the molecule is CC(=O)[C@@H]1CCCCN1C(=O)C(=O)[C@]1(O)OC(C(C)C)CC[C@H]1C. The van der Waals surface area contributed by atoms with Gasteiger partial charge in [-0.1, -0.05) is 20.8 Å². The molecule has 2 saturated heterocycles. The number of aliphatic hydroxyl groups is 1. The van der Waals surface area contributed by atoms with Crippen LogP contribution in [0.5, 0.6) is 0 Å². The molecule has 0 radical (unpaired) electrons. The van der Waals surface area contributed by atoms with Crippen molar-refractivity contribution < 1.29 is 24.2 Å². The van der Waals surface area contributed by atoms with Gasteiger partial charge in [0, 0.05) is 12.5 Å². The molecule has 2 aliphatic rings. The van der Waals surface area contributed by atoms with Crippen molar-refractivity contribution in [3.63, 3.8) is 0 Å². The van der Waals surface area contributed by atoms with E-state index in [9.17, 15) is 19.5 Å². The van der Waals surface area contributed by atoms with Crippen molar-refractivity contribution in [3.05, 3.63) is 0 Å². The third-order valence-electron chi connectivity index (χ3n) is 5.38. The average Bonchev–Trinajstić information content (AvgIpc) is 2.55. The standard InChI is InChI=1S/C18H29NO5/c1-11(2)15-9-8-12(3)18(23,24-15)16(21)17(22)19-10-6-5-7-14(19)13(4)20/h11-12,14-15,23H,5-10H2,1-4H3/t12-,14+,15?,18-/m1/s1. The lowest BCUT2D eigenvalue weighted by atomic mass is 9.84. The van der Waals surface area contributed by atoms with Crippen LogP contribution in [0.4, 0.5) is 0 Å². The van der Waals surface area contributed by atoms with Crippen LogP contribution in [0.1, 0.15) is 59.8 Å². The summed E-state index contributed by atoms with van der Waals surface area (Å²) in [4.78, 5) is 38.6.